The summed E-state index contributed by atoms with van der Waals surface area (Å²) < 4.78 is 32.5. The van der Waals surface area contributed by atoms with Crippen molar-refractivity contribution < 1.29 is 42.2 Å². The summed E-state index contributed by atoms with van der Waals surface area (Å²) in [5.74, 6) is -4.99. The number of methoxy groups -OCH3 is 2. The number of amides is 4. The first-order valence-corrected chi connectivity index (χ1v) is 13.3. The molecule has 1 spiro atoms. The van der Waals surface area contributed by atoms with Crippen molar-refractivity contribution in [2.24, 2.45) is 10.4 Å². The van der Waals surface area contributed by atoms with Crippen molar-refractivity contribution in [3.8, 4) is 0 Å². The quantitative estimate of drug-likeness (QED) is 0.327. The maximum Gasteiger partial charge on any atom is 0.433 e. The van der Waals surface area contributed by atoms with Crippen LogP contribution in [-0.2, 0) is 28.7 Å². The molecular weight excluding hydrogens is 518 g/mol. The summed E-state index contributed by atoms with van der Waals surface area (Å²) in [6, 6.07) is -0.797. The number of halogens is 2. The predicted molar refractivity (Wildman–Crippen MR) is 137 cm³/mol. The van der Waals surface area contributed by atoms with E-state index in [9.17, 15) is 32.8 Å². The number of nitrogens with zero attached hydrogens (tertiary/aromatic N) is 2. The Morgan fingerprint density at radius 3 is 2.21 bits per heavy atom. The molecule has 4 amide bonds. The van der Waals surface area contributed by atoms with Gasteiger partial charge in [0.05, 0.1) is 20.3 Å². The first-order valence-electron chi connectivity index (χ1n) is 13.3. The van der Waals surface area contributed by atoms with Crippen LogP contribution in [0.25, 0.3) is 0 Å². The van der Waals surface area contributed by atoms with Crippen LogP contribution in [0.15, 0.2) is 4.99 Å². The van der Waals surface area contributed by atoms with Crippen molar-refractivity contribution in [3.63, 3.8) is 0 Å². The van der Waals surface area contributed by atoms with Crippen molar-refractivity contribution in [1.82, 2.24) is 15.5 Å². The summed E-state index contributed by atoms with van der Waals surface area (Å²) in [4.78, 5) is 67.1. The Morgan fingerprint density at radius 1 is 1.08 bits per heavy atom. The first kappa shape index (κ1) is 32.3. The summed E-state index contributed by atoms with van der Waals surface area (Å²) in [7, 11) is 2.52. The third-order valence-electron chi connectivity index (χ3n) is 7.12. The van der Waals surface area contributed by atoms with Crippen LogP contribution in [0.4, 0.5) is 13.6 Å². The number of Topliss-reactive ketones (excluding diaryl/α,β-unsaturated/α-hetero) is 1. The van der Waals surface area contributed by atoms with E-state index in [0.29, 0.717) is 13.0 Å². The van der Waals surface area contributed by atoms with Crippen LogP contribution in [0.2, 0.25) is 0 Å². The van der Waals surface area contributed by atoms with Crippen LogP contribution in [0.5, 0.6) is 0 Å². The van der Waals surface area contributed by atoms with Crippen LogP contribution < -0.4 is 10.6 Å². The zero-order valence-electron chi connectivity index (χ0n) is 23.1. The molecule has 13 heteroatoms. The lowest BCUT2D eigenvalue weighted by Crippen LogP contribution is -2.50. The average Bonchev–Trinajstić information content (AvgIpc) is 3.65. The van der Waals surface area contributed by atoms with Crippen LogP contribution in [-0.4, -0.2) is 92.1 Å². The van der Waals surface area contributed by atoms with Crippen LogP contribution in [0, 0.1) is 5.41 Å². The van der Waals surface area contributed by atoms with E-state index in [4.69, 9.17) is 4.74 Å². The fourth-order valence-electron chi connectivity index (χ4n) is 4.63. The van der Waals surface area contributed by atoms with Gasteiger partial charge in [-0.05, 0) is 44.4 Å². The van der Waals surface area contributed by atoms with Crippen molar-refractivity contribution in [2.45, 2.75) is 89.6 Å². The number of likely N-dealkylation sites (tertiary alicyclic amines) is 1. The SMILES string of the molecule is CCC(C)(F)F.COC/C(=N\C(=O)OC)C(=O)N1CC2(CCCCC2)CC1C(=O)NCC(=O)C(=O)NC1CC1. The van der Waals surface area contributed by atoms with E-state index in [1.54, 1.807) is 0 Å². The summed E-state index contributed by atoms with van der Waals surface area (Å²) in [5, 5.41) is 5.12. The Morgan fingerprint density at radius 2 is 1.69 bits per heavy atom. The van der Waals surface area contributed by atoms with Crippen LogP contribution in [0.1, 0.15) is 71.6 Å². The van der Waals surface area contributed by atoms with Crippen LogP contribution in [0.3, 0.4) is 0 Å². The third kappa shape index (κ3) is 10.3. The summed E-state index contributed by atoms with van der Waals surface area (Å²) in [5.41, 5.74) is -0.359. The number of carbonyl (C=O) groups excluding carboxylic acids is 5. The lowest BCUT2D eigenvalue weighted by molar-refractivity contribution is -0.139. The monoisotopic (exact) mass is 558 g/mol. The molecule has 3 rings (SSSR count). The minimum absolute atomic E-state index is 0.0413. The van der Waals surface area contributed by atoms with Gasteiger partial charge in [-0.15, -0.1) is 0 Å². The Balaban J connectivity index is 0.000000798. The van der Waals surface area contributed by atoms with E-state index in [-0.39, 0.29) is 30.2 Å². The Hall–Kier alpha value is -2.96. The van der Waals surface area contributed by atoms with Gasteiger partial charge in [0.2, 0.25) is 17.6 Å². The highest BCUT2D eigenvalue weighted by molar-refractivity contribution is 6.41. The fraction of sp³-hybridized carbons (Fsp3) is 0.769. The van der Waals surface area contributed by atoms with Crippen molar-refractivity contribution in [2.75, 3.05) is 33.9 Å². The van der Waals surface area contributed by atoms with Gasteiger partial charge in [-0.25, -0.2) is 13.6 Å². The molecule has 0 radical (unpaired) electrons. The van der Waals surface area contributed by atoms with Gasteiger partial charge in [0.25, 0.3) is 11.8 Å². The second-order valence-electron chi connectivity index (χ2n) is 10.5. The maximum absolute atomic E-state index is 13.3. The van der Waals surface area contributed by atoms with Crippen molar-refractivity contribution >= 4 is 35.3 Å². The molecule has 3 fully saturated rings. The molecule has 39 heavy (non-hydrogen) atoms. The standard InChI is InChI=1S/C22H32N4O7.C4H8F2/c1-32-12-15(25-21(31)33-2)20(30)26-13-22(8-4-3-5-9-22)10-16(26)18(28)23-11-17(27)19(29)24-14-6-7-14;1-3-4(2,5)6/h14,16H,3-13H2,1-2H3,(H,23,28)(H,24,29);3H2,1-2H3/b25-15+;. The topological polar surface area (TPSA) is 143 Å². The third-order valence-corrected chi connectivity index (χ3v) is 7.12. The molecule has 0 bridgehead atoms. The molecule has 1 aliphatic heterocycles. The van der Waals surface area contributed by atoms with Gasteiger partial charge in [0.1, 0.15) is 11.8 Å². The maximum atomic E-state index is 13.3. The molecule has 2 aliphatic carbocycles. The average molecular weight is 559 g/mol. The second-order valence-corrected chi connectivity index (χ2v) is 10.5. The number of hydrogen-bond acceptors (Lipinski definition) is 7. The Bertz CT molecular complexity index is 941. The molecule has 1 heterocycles. The number of ether oxygens (including phenoxy) is 2. The number of rotatable bonds is 9. The second kappa shape index (κ2) is 14.4. The van der Waals surface area contributed by atoms with Gasteiger partial charge in [0.15, 0.2) is 0 Å². The molecule has 2 saturated carbocycles. The number of aliphatic imine (C=N–C) groups is 1. The molecule has 0 aromatic rings. The van der Waals surface area contributed by atoms with E-state index in [2.05, 4.69) is 20.4 Å². The Labute approximate surface area is 227 Å². The molecule has 3 aliphatic rings. The number of alkyl halides is 2. The first-order chi connectivity index (χ1) is 18.3. The summed E-state index contributed by atoms with van der Waals surface area (Å²) in [6.07, 6.45) is 6.06. The van der Waals surface area contributed by atoms with Gasteiger partial charge in [-0.2, -0.15) is 4.99 Å². The van der Waals surface area contributed by atoms with Gasteiger partial charge in [-0.3, -0.25) is 19.2 Å². The lowest BCUT2D eigenvalue weighted by Gasteiger charge is -2.33. The molecule has 0 aromatic heterocycles. The number of carbonyl (C=O) groups is 5. The molecule has 1 unspecified atom stereocenters. The van der Waals surface area contributed by atoms with Crippen LogP contribution >= 0.6 is 0 Å². The molecule has 2 N–H and O–H groups in total. The van der Waals surface area contributed by atoms with Gasteiger partial charge in [0, 0.05) is 26.1 Å². The predicted octanol–water partition coefficient (Wildman–Crippen LogP) is 2.41. The van der Waals surface area contributed by atoms with E-state index in [0.717, 1.165) is 59.0 Å². The molecule has 220 valence electrons. The molecular formula is C26H40F2N4O7. The zero-order chi connectivity index (χ0) is 29.2. The van der Waals surface area contributed by atoms with E-state index < -0.39 is 48.1 Å². The Kier molecular flexibility index (Phi) is 11.9. The van der Waals surface area contributed by atoms with E-state index in [1.165, 1.54) is 18.9 Å². The lowest BCUT2D eigenvalue weighted by atomic mass is 9.72. The zero-order valence-corrected chi connectivity index (χ0v) is 23.1. The highest BCUT2D eigenvalue weighted by atomic mass is 19.3. The summed E-state index contributed by atoms with van der Waals surface area (Å²) >= 11 is 0. The number of ketones is 1. The van der Waals surface area contributed by atoms with E-state index in [1.807, 2.05) is 0 Å². The smallest absolute Gasteiger partial charge is 0.433 e. The minimum atomic E-state index is -2.46. The van der Waals surface area contributed by atoms with Gasteiger partial charge in [-0.1, -0.05) is 26.2 Å². The highest BCUT2D eigenvalue weighted by Crippen LogP contribution is 2.46. The highest BCUT2D eigenvalue weighted by Gasteiger charge is 2.49. The van der Waals surface area contributed by atoms with Gasteiger partial charge < -0.3 is 25.0 Å². The van der Waals surface area contributed by atoms with Crippen molar-refractivity contribution in [3.05, 3.63) is 0 Å². The molecule has 1 saturated heterocycles. The van der Waals surface area contributed by atoms with E-state index >= 15 is 0 Å². The fourth-order valence-corrected chi connectivity index (χ4v) is 4.63. The molecule has 1 atom stereocenters. The van der Waals surface area contributed by atoms with Gasteiger partial charge >= 0.3 is 6.09 Å². The van der Waals surface area contributed by atoms with Crippen molar-refractivity contribution in [1.29, 1.82) is 0 Å². The molecule has 0 aromatic carbocycles. The largest absolute Gasteiger partial charge is 0.451 e. The summed E-state index contributed by atoms with van der Waals surface area (Å²) in [6.45, 7) is 2.06. The minimum Gasteiger partial charge on any atom is -0.451 e. The molecule has 11 nitrogen and oxygen atoms in total. The number of hydrogen-bond donors (Lipinski definition) is 2. The number of nitrogens with one attached hydrogen (secondary N) is 2. The normalized spacial score (nSPS) is 20.5.